The lowest BCUT2D eigenvalue weighted by Crippen LogP contribution is -2.42. The van der Waals surface area contributed by atoms with E-state index in [1.165, 1.54) is 31.0 Å². The van der Waals surface area contributed by atoms with E-state index in [-0.39, 0.29) is 16.5 Å². The van der Waals surface area contributed by atoms with Gasteiger partial charge in [-0.05, 0) is 36.6 Å². The van der Waals surface area contributed by atoms with Crippen LogP contribution in [-0.2, 0) is 6.54 Å². The highest BCUT2D eigenvalue weighted by Crippen LogP contribution is 2.32. The number of H-pyrrole nitrogens is 1. The summed E-state index contributed by atoms with van der Waals surface area (Å²) in [5.74, 6) is -2.70. The summed E-state index contributed by atoms with van der Waals surface area (Å²) in [5.41, 5.74) is 0.588. The Morgan fingerprint density at radius 1 is 1.10 bits per heavy atom. The van der Waals surface area contributed by atoms with Crippen LogP contribution in [0.15, 0.2) is 35.1 Å². The van der Waals surface area contributed by atoms with E-state index in [1.54, 1.807) is 0 Å². The normalized spacial score (nSPS) is 16.0. The minimum atomic E-state index is -0.797. The van der Waals surface area contributed by atoms with Gasteiger partial charge in [0.25, 0.3) is 11.5 Å². The van der Waals surface area contributed by atoms with E-state index in [0.717, 1.165) is 18.2 Å². The molecule has 5 nitrogen and oxygen atoms in total. The molecule has 3 aromatic rings. The summed E-state index contributed by atoms with van der Waals surface area (Å²) in [6.07, 6.45) is 0. The van der Waals surface area contributed by atoms with Crippen molar-refractivity contribution in [1.29, 1.82) is 0 Å². The number of halogens is 3. The molecule has 2 heterocycles. The molecule has 0 radical (unpaired) electrons. The molecule has 1 amide bonds. The van der Waals surface area contributed by atoms with Crippen LogP contribution in [-0.4, -0.2) is 29.4 Å². The number of pyridine rings is 1. The van der Waals surface area contributed by atoms with Crippen molar-refractivity contribution in [2.24, 2.45) is 0 Å². The number of rotatable bonds is 2. The third kappa shape index (κ3) is 3.19. The van der Waals surface area contributed by atoms with Gasteiger partial charge in [-0.1, -0.05) is 6.07 Å². The van der Waals surface area contributed by atoms with Gasteiger partial charge < -0.3 is 15.2 Å². The number of nitrogens with one attached hydrogen (secondary N) is 2. The predicted molar refractivity (Wildman–Crippen MR) is 102 cm³/mol. The van der Waals surface area contributed by atoms with Crippen molar-refractivity contribution in [1.82, 2.24) is 15.2 Å². The van der Waals surface area contributed by atoms with E-state index in [2.05, 4.69) is 10.3 Å². The number of benzene rings is 2. The van der Waals surface area contributed by atoms with Crippen LogP contribution in [0.1, 0.15) is 33.2 Å². The number of amides is 1. The first-order valence-corrected chi connectivity index (χ1v) is 9.05. The number of nitrogens with zero attached hydrogens (tertiary/aromatic N) is 1. The zero-order chi connectivity index (χ0) is 20.9. The zero-order valence-electron chi connectivity index (χ0n) is 15.8. The highest BCUT2D eigenvalue weighted by molar-refractivity contribution is 5.95. The van der Waals surface area contributed by atoms with Gasteiger partial charge in [0.2, 0.25) is 0 Å². The SMILES string of the molecule is Cc1c(F)cc(C(=O)N(C)C2CNCc3[nH]c(=O)c4cc(F)ccc4c32)cc1F. The van der Waals surface area contributed by atoms with Crippen LogP contribution in [0.4, 0.5) is 13.2 Å². The summed E-state index contributed by atoms with van der Waals surface area (Å²) < 4.78 is 41.5. The molecule has 4 rings (SSSR count). The minimum absolute atomic E-state index is 0.111. The van der Waals surface area contributed by atoms with Crippen LogP contribution >= 0.6 is 0 Å². The van der Waals surface area contributed by atoms with Gasteiger partial charge in [-0.3, -0.25) is 9.59 Å². The molecule has 2 N–H and O–H groups in total. The molecular formula is C21H18F3N3O2. The van der Waals surface area contributed by atoms with Gasteiger partial charge in [0, 0.05) is 42.5 Å². The van der Waals surface area contributed by atoms with E-state index in [0.29, 0.717) is 29.7 Å². The monoisotopic (exact) mass is 401 g/mol. The molecule has 29 heavy (non-hydrogen) atoms. The van der Waals surface area contributed by atoms with Crippen LogP contribution in [0.3, 0.4) is 0 Å². The van der Waals surface area contributed by atoms with Gasteiger partial charge in [-0.15, -0.1) is 0 Å². The molecule has 0 spiro atoms. The largest absolute Gasteiger partial charge is 0.333 e. The van der Waals surface area contributed by atoms with Crippen LogP contribution in [0.5, 0.6) is 0 Å². The second kappa shape index (κ2) is 7.04. The molecule has 1 aromatic heterocycles. The standard InChI is InChI=1S/C21H18F3N3O2/c1-10-15(23)5-11(6-16(10)24)21(29)27(2)18-9-25-8-17-19(18)13-4-3-12(22)7-14(13)20(28)26-17/h3-7,18,25H,8-9H2,1-2H3,(H,26,28). The van der Waals surface area contributed by atoms with E-state index in [4.69, 9.17) is 0 Å². The number of hydrogen-bond acceptors (Lipinski definition) is 3. The number of carbonyl (C=O) groups is 1. The Hall–Kier alpha value is -3.13. The number of aromatic nitrogens is 1. The van der Waals surface area contributed by atoms with Gasteiger partial charge in [0.15, 0.2) is 0 Å². The quantitative estimate of drug-likeness (QED) is 0.693. The van der Waals surface area contributed by atoms with Gasteiger partial charge in [-0.2, -0.15) is 0 Å². The molecule has 8 heteroatoms. The van der Waals surface area contributed by atoms with Crippen molar-refractivity contribution in [3.8, 4) is 0 Å². The van der Waals surface area contributed by atoms with Crippen molar-refractivity contribution >= 4 is 16.7 Å². The third-order valence-electron chi connectivity index (χ3n) is 5.39. The second-order valence-corrected chi connectivity index (χ2v) is 7.16. The molecular weight excluding hydrogens is 383 g/mol. The Morgan fingerprint density at radius 2 is 1.79 bits per heavy atom. The maximum absolute atomic E-state index is 13.9. The highest BCUT2D eigenvalue weighted by Gasteiger charge is 2.30. The van der Waals surface area contributed by atoms with Gasteiger partial charge in [0.05, 0.1) is 11.4 Å². The fraction of sp³-hybridized carbons (Fsp3) is 0.238. The number of hydrogen-bond donors (Lipinski definition) is 2. The molecule has 150 valence electrons. The van der Waals surface area contributed by atoms with Crippen molar-refractivity contribution in [3.63, 3.8) is 0 Å². The smallest absolute Gasteiger partial charge is 0.256 e. The Balaban J connectivity index is 1.82. The van der Waals surface area contributed by atoms with Crippen LogP contribution < -0.4 is 10.9 Å². The molecule has 0 fully saturated rings. The minimum Gasteiger partial charge on any atom is -0.333 e. The molecule has 0 bridgehead atoms. The molecule has 1 aliphatic heterocycles. The van der Waals surface area contributed by atoms with Crippen molar-refractivity contribution in [3.05, 3.63) is 80.5 Å². The average molecular weight is 401 g/mol. The predicted octanol–water partition coefficient (Wildman–Crippen LogP) is 3.17. The summed E-state index contributed by atoms with van der Waals surface area (Å²) in [5, 5.41) is 3.85. The van der Waals surface area contributed by atoms with E-state index >= 15 is 0 Å². The lowest BCUT2D eigenvalue weighted by Gasteiger charge is -2.34. The zero-order valence-corrected chi connectivity index (χ0v) is 15.8. The third-order valence-corrected chi connectivity index (χ3v) is 5.39. The highest BCUT2D eigenvalue weighted by atomic mass is 19.1. The van der Waals surface area contributed by atoms with Gasteiger partial charge in [-0.25, -0.2) is 13.2 Å². The van der Waals surface area contributed by atoms with Gasteiger partial charge >= 0.3 is 0 Å². The second-order valence-electron chi connectivity index (χ2n) is 7.16. The van der Waals surface area contributed by atoms with E-state index in [9.17, 15) is 22.8 Å². The first kappa shape index (κ1) is 19.2. The Kier molecular flexibility index (Phi) is 4.66. The average Bonchev–Trinajstić information content (AvgIpc) is 2.70. The summed E-state index contributed by atoms with van der Waals surface area (Å²) in [6, 6.07) is 5.42. The number of fused-ring (bicyclic) bond motifs is 3. The fourth-order valence-electron chi connectivity index (χ4n) is 3.77. The molecule has 2 aromatic carbocycles. The van der Waals surface area contributed by atoms with E-state index in [1.807, 2.05) is 0 Å². The van der Waals surface area contributed by atoms with Crippen molar-refractivity contribution in [2.45, 2.75) is 19.5 Å². The van der Waals surface area contributed by atoms with E-state index < -0.39 is 35.0 Å². The maximum Gasteiger partial charge on any atom is 0.256 e. The Bertz CT molecular complexity index is 1180. The first-order valence-electron chi connectivity index (χ1n) is 9.05. The molecule has 1 atom stereocenters. The molecule has 1 unspecified atom stereocenters. The summed E-state index contributed by atoms with van der Waals surface area (Å²) in [4.78, 5) is 29.4. The summed E-state index contributed by atoms with van der Waals surface area (Å²) in [6.45, 7) is 2.04. The molecule has 1 aliphatic rings. The fourth-order valence-corrected chi connectivity index (χ4v) is 3.77. The summed E-state index contributed by atoms with van der Waals surface area (Å²) in [7, 11) is 1.53. The maximum atomic E-state index is 13.9. The molecule has 0 saturated heterocycles. The van der Waals surface area contributed by atoms with Crippen LogP contribution in [0.25, 0.3) is 10.8 Å². The van der Waals surface area contributed by atoms with Crippen molar-refractivity contribution in [2.75, 3.05) is 13.6 Å². The number of carbonyl (C=O) groups excluding carboxylic acids is 1. The number of likely N-dealkylation sites (N-methyl/N-ethyl adjacent to an activating group) is 1. The number of aromatic amines is 1. The van der Waals surface area contributed by atoms with Crippen LogP contribution in [0, 0.1) is 24.4 Å². The van der Waals surface area contributed by atoms with Crippen molar-refractivity contribution < 1.29 is 18.0 Å². The first-order chi connectivity index (χ1) is 13.8. The summed E-state index contributed by atoms with van der Waals surface area (Å²) >= 11 is 0. The van der Waals surface area contributed by atoms with Gasteiger partial charge in [0.1, 0.15) is 17.5 Å². The lowest BCUT2D eigenvalue weighted by atomic mass is 9.93. The van der Waals surface area contributed by atoms with Crippen LogP contribution in [0.2, 0.25) is 0 Å². The lowest BCUT2D eigenvalue weighted by molar-refractivity contribution is 0.0722. The Labute approximate surface area is 164 Å². The molecule has 0 aliphatic carbocycles. The molecule has 0 saturated carbocycles. The topological polar surface area (TPSA) is 65.2 Å². The Morgan fingerprint density at radius 3 is 2.48 bits per heavy atom.